The van der Waals surface area contributed by atoms with Crippen LogP contribution in [0.4, 0.5) is 4.79 Å². The summed E-state index contributed by atoms with van der Waals surface area (Å²) >= 11 is 1.61. The minimum Gasteiger partial charge on any atom is -0.458 e. The van der Waals surface area contributed by atoms with Crippen LogP contribution in [0, 0.1) is 0 Å². The Bertz CT molecular complexity index is 334. The van der Waals surface area contributed by atoms with Crippen LogP contribution < -0.4 is 0 Å². The first-order valence-electron chi connectivity index (χ1n) is 6.80. The Balaban J connectivity index is 2.76. The van der Waals surface area contributed by atoms with Gasteiger partial charge in [-0.3, -0.25) is 4.90 Å². The quantitative estimate of drug-likeness (QED) is 0.697. The predicted octanol–water partition coefficient (Wildman–Crippen LogP) is 3.03. The van der Waals surface area contributed by atoms with Crippen LogP contribution in [0.5, 0.6) is 0 Å². The van der Waals surface area contributed by atoms with Crippen molar-refractivity contribution in [1.82, 2.24) is 4.90 Å². The molecule has 0 spiro atoms. The van der Waals surface area contributed by atoms with E-state index < -0.39 is 23.3 Å². The second-order valence-corrected chi connectivity index (χ2v) is 7.90. The standard InChI is InChI=1S/C14H25NO4S/c1-13(2,3)18-11(16)10-7-8-20-9-15(10)12(17)19-14(4,5)6/h10H,7-9H2,1-6H3. The lowest BCUT2D eigenvalue weighted by Crippen LogP contribution is -2.51. The summed E-state index contributed by atoms with van der Waals surface area (Å²) in [6.07, 6.45) is 0.138. The van der Waals surface area contributed by atoms with Crippen LogP contribution in [-0.4, -0.2) is 45.8 Å². The molecule has 0 N–H and O–H groups in total. The Kier molecular flexibility index (Phi) is 5.35. The van der Waals surface area contributed by atoms with E-state index in [1.54, 1.807) is 11.8 Å². The van der Waals surface area contributed by atoms with Crippen molar-refractivity contribution in [2.24, 2.45) is 0 Å². The predicted molar refractivity (Wildman–Crippen MR) is 79.6 cm³/mol. The first-order chi connectivity index (χ1) is 8.99. The number of nitrogens with zero attached hydrogens (tertiary/aromatic N) is 1. The van der Waals surface area contributed by atoms with Crippen LogP contribution in [0.2, 0.25) is 0 Å². The number of hydrogen-bond donors (Lipinski definition) is 0. The summed E-state index contributed by atoms with van der Waals surface area (Å²) < 4.78 is 10.7. The smallest absolute Gasteiger partial charge is 0.411 e. The van der Waals surface area contributed by atoms with Crippen LogP contribution in [0.15, 0.2) is 0 Å². The van der Waals surface area contributed by atoms with Crippen LogP contribution in [0.3, 0.4) is 0 Å². The molecule has 0 aliphatic carbocycles. The van der Waals surface area contributed by atoms with Gasteiger partial charge in [0.25, 0.3) is 0 Å². The Morgan fingerprint density at radius 1 is 1.05 bits per heavy atom. The molecule has 0 aromatic rings. The minimum absolute atomic E-state index is 0.358. The zero-order valence-corrected chi connectivity index (χ0v) is 14.0. The van der Waals surface area contributed by atoms with Crippen LogP contribution in [-0.2, 0) is 14.3 Å². The highest BCUT2D eigenvalue weighted by Crippen LogP contribution is 2.25. The lowest BCUT2D eigenvalue weighted by molar-refractivity contribution is -0.161. The summed E-state index contributed by atoms with van der Waals surface area (Å²) in [4.78, 5) is 25.9. The minimum atomic E-state index is -0.572. The van der Waals surface area contributed by atoms with Crippen molar-refractivity contribution in [2.75, 3.05) is 11.6 Å². The molecule has 0 aromatic carbocycles. The van der Waals surface area contributed by atoms with Gasteiger partial charge in [0, 0.05) is 0 Å². The van der Waals surface area contributed by atoms with E-state index in [-0.39, 0.29) is 5.97 Å². The van der Waals surface area contributed by atoms with Gasteiger partial charge in [-0.15, -0.1) is 11.8 Å². The van der Waals surface area contributed by atoms with Crippen molar-refractivity contribution >= 4 is 23.8 Å². The average Bonchev–Trinajstić information content (AvgIpc) is 2.24. The average molecular weight is 303 g/mol. The number of amides is 1. The van der Waals surface area contributed by atoms with Crippen molar-refractivity contribution in [2.45, 2.75) is 65.2 Å². The molecule has 20 heavy (non-hydrogen) atoms. The highest BCUT2D eigenvalue weighted by molar-refractivity contribution is 7.99. The third kappa shape index (κ3) is 5.61. The van der Waals surface area contributed by atoms with E-state index >= 15 is 0 Å². The monoisotopic (exact) mass is 303 g/mol. The van der Waals surface area contributed by atoms with Crippen molar-refractivity contribution in [3.8, 4) is 0 Å². The Morgan fingerprint density at radius 3 is 2.10 bits per heavy atom. The largest absolute Gasteiger partial charge is 0.458 e. The third-order valence-electron chi connectivity index (χ3n) is 2.45. The maximum absolute atomic E-state index is 12.2. The number of carbonyl (C=O) groups excluding carboxylic acids is 2. The molecule has 116 valence electrons. The number of esters is 1. The molecule has 0 aromatic heterocycles. The number of rotatable bonds is 1. The number of ether oxygens (including phenoxy) is 2. The topological polar surface area (TPSA) is 55.8 Å². The summed E-state index contributed by atoms with van der Waals surface area (Å²) in [5.74, 6) is 0.936. The first kappa shape index (κ1) is 17.1. The van der Waals surface area contributed by atoms with Gasteiger partial charge in [-0.1, -0.05) is 0 Å². The fourth-order valence-corrected chi connectivity index (χ4v) is 2.72. The molecule has 0 saturated carbocycles. The second-order valence-electron chi connectivity index (χ2n) is 6.83. The van der Waals surface area contributed by atoms with Gasteiger partial charge in [0.1, 0.15) is 17.2 Å². The van der Waals surface area contributed by atoms with Crippen molar-refractivity contribution in [1.29, 1.82) is 0 Å². The molecule has 1 heterocycles. The highest BCUT2D eigenvalue weighted by atomic mass is 32.2. The zero-order valence-electron chi connectivity index (χ0n) is 13.2. The summed E-state index contributed by atoms with van der Waals surface area (Å²) in [5.41, 5.74) is -1.13. The number of hydrogen-bond acceptors (Lipinski definition) is 5. The first-order valence-corrected chi connectivity index (χ1v) is 7.95. The summed E-state index contributed by atoms with van der Waals surface area (Å²) in [7, 11) is 0. The fourth-order valence-electron chi connectivity index (χ4n) is 1.72. The molecule has 1 amide bonds. The van der Waals surface area contributed by atoms with Gasteiger partial charge in [0.15, 0.2) is 0 Å². The van der Waals surface area contributed by atoms with Gasteiger partial charge in [-0.2, -0.15) is 0 Å². The van der Waals surface area contributed by atoms with E-state index in [1.165, 1.54) is 4.90 Å². The highest BCUT2D eigenvalue weighted by Gasteiger charge is 2.37. The van der Waals surface area contributed by atoms with E-state index in [2.05, 4.69) is 0 Å². The van der Waals surface area contributed by atoms with E-state index in [4.69, 9.17) is 9.47 Å². The van der Waals surface area contributed by atoms with Crippen molar-refractivity contribution < 1.29 is 19.1 Å². The third-order valence-corrected chi connectivity index (χ3v) is 3.43. The molecule has 1 unspecified atom stereocenters. The molecule has 1 fully saturated rings. The second kappa shape index (κ2) is 6.24. The molecule has 1 aliphatic rings. The van der Waals surface area contributed by atoms with Gasteiger partial charge >= 0.3 is 12.1 Å². The lowest BCUT2D eigenvalue weighted by atomic mass is 10.1. The van der Waals surface area contributed by atoms with Crippen LogP contribution in [0.25, 0.3) is 0 Å². The van der Waals surface area contributed by atoms with Crippen LogP contribution >= 0.6 is 11.8 Å². The van der Waals surface area contributed by atoms with Gasteiger partial charge < -0.3 is 9.47 Å². The van der Waals surface area contributed by atoms with Gasteiger partial charge in [0.2, 0.25) is 0 Å². The molecule has 5 nitrogen and oxygen atoms in total. The molecular formula is C14H25NO4S. The lowest BCUT2D eigenvalue weighted by Gasteiger charge is -2.36. The van der Waals surface area contributed by atoms with Crippen molar-refractivity contribution in [3.05, 3.63) is 0 Å². The SMILES string of the molecule is CC(C)(C)OC(=O)C1CCSCN1C(=O)OC(C)(C)C. The maximum Gasteiger partial charge on any atom is 0.411 e. The van der Waals surface area contributed by atoms with Gasteiger partial charge in [-0.25, -0.2) is 9.59 Å². The Labute approximate surface area is 125 Å². The Morgan fingerprint density at radius 2 is 1.60 bits per heavy atom. The molecular weight excluding hydrogens is 278 g/mol. The number of thioether (sulfide) groups is 1. The molecule has 1 atom stereocenters. The molecule has 0 radical (unpaired) electrons. The molecule has 1 aliphatic heterocycles. The zero-order chi connectivity index (χ0) is 15.6. The fraction of sp³-hybridized carbons (Fsp3) is 0.857. The molecule has 1 saturated heterocycles. The molecule has 6 heteroatoms. The summed E-state index contributed by atoms with van der Waals surface area (Å²) in [6.45, 7) is 10.9. The maximum atomic E-state index is 12.2. The normalized spacial score (nSPS) is 20.5. The van der Waals surface area contributed by atoms with Gasteiger partial charge in [-0.05, 0) is 53.7 Å². The summed E-state index contributed by atoms with van der Waals surface area (Å²) in [6, 6.07) is -0.551. The Hall–Kier alpha value is -0.910. The molecule has 1 rings (SSSR count). The van der Waals surface area contributed by atoms with E-state index in [9.17, 15) is 9.59 Å². The van der Waals surface area contributed by atoms with Crippen LogP contribution in [0.1, 0.15) is 48.0 Å². The molecule has 0 bridgehead atoms. The van der Waals surface area contributed by atoms with E-state index in [0.717, 1.165) is 5.75 Å². The number of carbonyl (C=O) groups is 2. The van der Waals surface area contributed by atoms with Crippen molar-refractivity contribution in [3.63, 3.8) is 0 Å². The van der Waals surface area contributed by atoms with E-state index in [0.29, 0.717) is 12.3 Å². The van der Waals surface area contributed by atoms with Gasteiger partial charge in [0.05, 0.1) is 5.88 Å². The summed E-state index contributed by atoms with van der Waals surface area (Å²) in [5, 5.41) is 0. The van der Waals surface area contributed by atoms with E-state index in [1.807, 2.05) is 41.5 Å².